The first kappa shape index (κ1) is 27.5. The molecule has 5 nitrogen and oxygen atoms in total. The summed E-state index contributed by atoms with van der Waals surface area (Å²) in [5, 5.41) is 0. The number of para-hydroxylation sites is 4. The number of oxazole rings is 1. The average Bonchev–Trinajstić information content (AvgIpc) is 3.53. The van der Waals surface area contributed by atoms with Gasteiger partial charge in [-0.2, -0.15) is 0 Å². The molecule has 0 saturated carbocycles. The zero-order valence-corrected chi connectivity index (χ0v) is 25.6. The van der Waals surface area contributed by atoms with Gasteiger partial charge in [0.05, 0.1) is 22.4 Å². The molecule has 8 aromatic rings. The van der Waals surface area contributed by atoms with Crippen LogP contribution in [0.3, 0.4) is 0 Å². The van der Waals surface area contributed by atoms with E-state index in [1.54, 1.807) is 0 Å². The highest BCUT2D eigenvalue weighted by Gasteiger charge is 2.17. The first-order valence-corrected chi connectivity index (χ1v) is 15.4. The SMILES string of the molecule is Cc1cc(C)cc(N(c2ccc(-c3nc4ccccc4o3)cc2)c2ccc(-c3nc4ccccc4nc3-c3ccccc3)cc2)c1. The van der Waals surface area contributed by atoms with Gasteiger partial charge in [-0.25, -0.2) is 15.0 Å². The molecule has 2 aromatic heterocycles. The van der Waals surface area contributed by atoms with Crippen LogP contribution in [0.15, 0.2) is 150 Å². The molecule has 0 radical (unpaired) electrons. The fourth-order valence-electron chi connectivity index (χ4n) is 6.04. The largest absolute Gasteiger partial charge is 0.436 e. The van der Waals surface area contributed by atoms with Crippen molar-refractivity contribution in [2.24, 2.45) is 0 Å². The maximum Gasteiger partial charge on any atom is 0.227 e. The van der Waals surface area contributed by atoms with Gasteiger partial charge in [-0.15, -0.1) is 0 Å². The van der Waals surface area contributed by atoms with Crippen molar-refractivity contribution < 1.29 is 4.42 Å². The molecule has 0 amide bonds. The van der Waals surface area contributed by atoms with Gasteiger partial charge in [0.25, 0.3) is 0 Å². The van der Waals surface area contributed by atoms with E-state index in [0.717, 1.165) is 67.3 Å². The summed E-state index contributed by atoms with van der Waals surface area (Å²) in [5.74, 6) is 0.612. The van der Waals surface area contributed by atoms with Crippen molar-refractivity contribution in [2.45, 2.75) is 13.8 Å². The fourth-order valence-corrected chi connectivity index (χ4v) is 6.04. The predicted octanol–water partition coefficient (Wildman–Crippen LogP) is 10.9. The summed E-state index contributed by atoms with van der Waals surface area (Å²) in [6.45, 7) is 4.27. The van der Waals surface area contributed by atoms with E-state index < -0.39 is 0 Å². The van der Waals surface area contributed by atoms with Crippen LogP contribution in [0.25, 0.3) is 56.1 Å². The van der Waals surface area contributed by atoms with Gasteiger partial charge in [0.1, 0.15) is 5.52 Å². The third kappa shape index (κ3) is 5.18. The second-order valence-corrected chi connectivity index (χ2v) is 11.5. The average molecular weight is 595 g/mol. The Morgan fingerprint density at radius 1 is 0.435 bits per heavy atom. The Balaban J connectivity index is 1.21. The third-order valence-electron chi connectivity index (χ3n) is 8.15. The maximum atomic E-state index is 6.04. The topological polar surface area (TPSA) is 55.1 Å². The van der Waals surface area contributed by atoms with Crippen molar-refractivity contribution in [3.05, 3.63) is 157 Å². The lowest BCUT2D eigenvalue weighted by Crippen LogP contribution is -2.10. The number of hydrogen-bond donors (Lipinski definition) is 0. The van der Waals surface area contributed by atoms with Gasteiger partial charge in [-0.05, 0) is 97.8 Å². The van der Waals surface area contributed by atoms with E-state index in [1.807, 2.05) is 66.7 Å². The van der Waals surface area contributed by atoms with Crippen molar-refractivity contribution in [2.75, 3.05) is 4.90 Å². The fraction of sp³-hybridized carbons (Fsp3) is 0.0488. The quantitative estimate of drug-likeness (QED) is 0.192. The van der Waals surface area contributed by atoms with Crippen LogP contribution in [0.4, 0.5) is 17.1 Å². The normalized spacial score (nSPS) is 11.3. The Morgan fingerprint density at radius 3 is 1.52 bits per heavy atom. The standard InChI is InChI=1S/C41H30N4O/c1-27-24-28(2)26-34(25-27)45(33-22-18-31(19-23-33)41-44-37-14-8-9-15-38(37)46-41)32-20-16-30(17-21-32)40-39(29-10-4-3-5-11-29)42-35-12-6-7-13-36(35)43-40/h3-26H,1-2H3. The number of fused-ring (bicyclic) bond motifs is 2. The van der Waals surface area contributed by atoms with Crippen LogP contribution in [-0.4, -0.2) is 15.0 Å². The van der Waals surface area contributed by atoms with Gasteiger partial charge >= 0.3 is 0 Å². The van der Waals surface area contributed by atoms with Crippen LogP contribution in [0.2, 0.25) is 0 Å². The Bertz CT molecular complexity index is 2270. The summed E-state index contributed by atoms with van der Waals surface area (Å²) in [5.41, 5.74) is 13.7. The van der Waals surface area contributed by atoms with E-state index in [2.05, 4.69) is 97.6 Å². The highest BCUT2D eigenvalue weighted by molar-refractivity contribution is 5.87. The summed E-state index contributed by atoms with van der Waals surface area (Å²) in [7, 11) is 0. The molecular weight excluding hydrogens is 564 g/mol. The molecule has 6 aromatic carbocycles. The van der Waals surface area contributed by atoms with Gasteiger partial charge in [-0.3, -0.25) is 0 Å². The van der Waals surface area contributed by atoms with E-state index in [9.17, 15) is 0 Å². The number of aryl methyl sites for hydroxylation is 2. The van der Waals surface area contributed by atoms with Gasteiger partial charge in [0.15, 0.2) is 5.58 Å². The van der Waals surface area contributed by atoms with Gasteiger partial charge in [-0.1, -0.05) is 72.8 Å². The second-order valence-electron chi connectivity index (χ2n) is 11.5. The van der Waals surface area contributed by atoms with Crippen LogP contribution >= 0.6 is 0 Å². The van der Waals surface area contributed by atoms with Crippen LogP contribution in [0, 0.1) is 13.8 Å². The number of aromatic nitrogens is 3. The zero-order chi connectivity index (χ0) is 31.0. The Labute approximate surface area is 267 Å². The smallest absolute Gasteiger partial charge is 0.227 e. The number of anilines is 3. The van der Waals surface area contributed by atoms with Crippen molar-refractivity contribution in [1.82, 2.24) is 15.0 Å². The molecule has 0 aliphatic heterocycles. The molecule has 0 aliphatic carbocycles. The molecule has 8 rings (SSSR count). The third-order valence-corrected chi connectivity index (χ3v) is 8.15. The van der Waals surface area contributed by atoms with E-state index in [0.29, 0.717) is 5.89 Å². The lowest BCUT2D eigenvalue weighted by molar-refractivity contribution is 0.620. The molecule has 0 N–H and O–H groups in total. The minimum absolute atomic E-state index is 0.612. The minimum Gasteiger partial charge on any atom is -0.436 e. The Hall–Kier alpha value is -6.07. The van der Waals surface area contributed by atoms with E-state index in [-0.39, 0.29) is 0 Å². The molecule has 0 atom stereocenters. The van der Waals surface area contributed by atoms with Crippen molar-refractivity contribution in [1.29, 1.82) is 0 Å². The number of benzene rings is 6. The van der Waals surface area contributed by atoms with Crippen LogP contribution < -0.4 is 4.90 Å². The second kappa shape index (κ2) is 11.5. The van der Waals surface area contributed by atoms with Gasteiger partial charge in [0, 0.05) is 33.8 Å². The van der Waals surface area contributed by atoms with Gasteiger partial charge < -0.3 is 9.32 Å². The first-order valence-electron chi connectivity index (χ1n) is 15.4. The van der Waals surface area contributed by atoms with E-state index in [1.165, 1.54) is 11.1 Å². The molecule has 46 heavy (non-hydrogen) atoms. The number of rotatable bonds is 6. The maximum absolute atomic E-state index is 6.04. The first-order chi connectivity index (χ1) is 22.6. The lowest BCUT2D eigenvalue weighted by Gasteiger charge is -2.26. The summed E-state index contributed by atoms with van der Waals surface area (Å²) >= 11 is 0. The minimum atomic E-state index is 0.612. The highest BCUT2D eigenvalue weighted by atomic mass is 16.3. The molecule has 0 spiro atoms. The summed E-state index contributed by atoms with van der Waals surface area (Å²) in [4.78, 5) is 17.1. The predicted molar refractivity (Wildman–Crippen MR) is 188 cm³/mol. The molecule has 0 bridgehead atoms. The molecule has 2 heterocycles. The molecule has 0 fully saturated rings. The van der Waals surface area contributed by atoms with Crippen molar-refractivity contribution >= 4 is 39.2 Å². The van der Waals surface area contributed by atoms with Crippen molar-refractivity contribution in [3.8, 4) is 34.0 Å². The Kier molecular flexibility index (Phi) is 6.84. The van der Waals surface area contributed by atoms with Crippen LogP contribution in [0.1, 0.15) is 11.1 Å². The van der Waals surface area contributed by atoms with Crippen LogP contribution in [-0.2, 0) is 0 Å². The summed E-state index contributed by atoms with van der Waals surface area (Å²) in [6.07, 6.45) is 0. The van der Waals surface area contributed by atoms with Gasteiger partial charge in [0.2, 0.25) is 5.89 Å². The molecule has 0 saturated heterocycles. The van der Waals surface area contributed by atoms with Crippen LogP contribution in [0.5, 0.6) is 0 Å². The van der Waals surface area contributed by atoms with E-state index in [4.69, 9.17) is 19.4 Å². The molecule has 5 heteroatoms. The monoisotopic (exact) mass is 594 g/mol. The molecular formula is C41H30N4O. The summed E-state index contributed by atoms with van der Waals surface area (Å²) < 4.78 is 6.04. The lowest BCUT2D eigenvalue weighted by atomic mass is 10.0. The molecule has 0 aliphatic rings. The molecule has 220 valence electrons. The Morgan fingerprint density at radius 2 is 0.935 bits per heavy atom. The highest BCUT2D eigenvalue weighted by Crippen LogP contribution is 2.39. The molecule has 0 unspecified atom stereocenters. The summed E-state index contributed by atoms with van der Waals surface area (Å²) in [6, 6.07) is 49.8. The van der Waals surface area contributed by atoms with Crippen molar-refractivity contribution in [3.63, 3.8) is 0 Å². The zero-order valence-electron chi connectivity index (χ0n) is 25.6. The van der Waals surface area contributed by atoms with E-state index >= 15 is 0 Å². The number of hydrogen-bond acceptors (Lipinski definition) is 5. The number of nitrogens with zero attached hydrogens (tertiary/aromatic N) is 4.